The minimum Gasteiger partial charge on any atom is -0.452 e. The molecule has 2 aromatic rings. The average Bonchev–Trinajstić information content (AvgIpc) is 3.49. The Morgan fingerprint density at radius 3 is 2.55 bits per heavy atom. The number of anilines is 3. The van der Waals surface area contributed by atoms with Gasteiger partial charge in [-0.3, -0.25) is 19.7 Å². The first-order valence-corrected chi connectivity index (χ1v) is 10.8. The molecule has 2 aliphatic heterocycles. The fourth-order valence-electron chi connectivity index (χ4n) is 4.11. The Bertz CT molecular complexity index is 1100. The molecule has 2 aromatic carbocycles. The summed E-state index contributed by atoms with van der Waals surface area (Å²) in [7, 11) is 0. The third-order valence-corrected chi connectivity index (χ3v) is 5.71. The minimum absolute atomic E-state index is 0.0400. The largest absolute Gasteiger partial charge is 0.452 e. The van der Waals surface area contributed by atoms with E-state index in [4.69, 9.17) is 4.74 Å². The molecule has 4 rings (SSSR count). The van der Waals surface area contributed by atoms with Crippen LogP contribution in [0.4, 0.5) is 22.7 Å². The van der Waals surface area contributed by atoms with Gasteiger partial charge in [-0.1, -0.05) is 6.07 Å². The number of carbonyl (C=O) groups is 3. The van der Waals surface area contributed by atoms with Crippen LogP contribution >= 0.6 is 0 Å². The highest BCUT2D eigenvalue weighted by molar-refractivity contribution is 6.00. The van der Waals surface area contributed by atoms with Crippen molar-refractivity contribution in [3.05, 3.63) is 58.1 Å². The number of non-ortho nitro benzene ring substituents is 1. The second kappa shape index (κ2) is 9.68. The molecule has 2 fully saturated rings. The van der Waals surface area contributed by atoms with Gasteiger partial charge in [-0.2, -0.15) is 0 Å². The van der Waals surface area contributed by atoms with Gasteiger partial charge in [0.2, 0.25) is 5.91 Å². The first kappa shape index (κ1) is 22.3. The van der Waals surface area contributed by atoms with E-state index in [-0.39, 0.29) is 17.2 Å². The monoisotopic (exact) mass is 452 g/mol. The molecule has 0 aromatic heterocycles. The number of benzene rings is 2. The second-order valence-electron chi connectivity index (χ2n) is 7.98. The Morgan fingerprint density at radius 2 is 1.85 bits per heavy atom. The van der Waals surface area contributed by atoms with Crippen LogP contribution < -0.4 is 15.1 Å². The van der Waals surface area contributed by atoms with E-state index in [2.05, 4.69) is 5.32 Å². The van der Waals surface area contributed by atoms with Crippen LogP contribution in [-0.2, 0) is 14.3 Å². The Kier molecular flexibility index (Phi) is 6.53. The molecular weight excluding hydrogens is 428 g/mol. The summed E-state index contributed by atoms with van der Waals surface area (Å²) < 4.78 is 5.18. The highest BCUT2D eigenvalue weighted by atomic mass is 16.6. The van der Waals surface area contributed by atoms with Crippen molar-refractivity contribution in [3.63, 3.8) is 0 Å². The number of esters is 1. The van der Waals surface area contributed by atoms with Gasteiger partial charge in [-0.25, -0.2) is 4.79 Å². The summed E-state index contributed by atoms with van der Waals surface area (Å²) in [6, 6.07) is 11.0. The summed E-state index contributed by atoms with van der Waals surface area (Å²) in [5.41, 5.74) is 1.57. The van der Waals surface area contributed by atoms with Crippen molar-refractivity contribution in [2.45, 2.75) is 25.7 Å². The lowest BCUT2D eigenvalue weighted by Gasteiger charge is -2.20. The number of hydrogen-bond acceptors (Lipinski definition) is 7. The molecule has 2 heterocycles. The maximum absolute atomic E-state index is 12.7. The molecular formula is C23H24N4O6. The summed E-state index contributed by atoms with van der Waals surface area (Å²) in [5, 5.41) is 13.8. The van der Waals surface area contributed by atoms with E-state index < -0.39 is 23.4 Å². The van der Waals surface area contributed by atoms with E-state index in [1.54, 1.807) is 35.2 Å². The number of amides is 2. The van der Waals surface area contributed by atoms with Gasteiger partial charge in [-0.15, -0.1) is 0 Å². The molecule has 0 unspecified atom stereocenters. The second-order valence-corrected chi connectivity index (χ2v) is 7.98. The average molecular weight is 452 g/mol. The number of nitro benzene ring substituents is 1. The number of carbonyl (C=O) groups excluding carboxylic acids is 3. The highest BCUT2D eigenvalue weighted by Gasteiger charge is 2.24. The maximum atomic E-state index is 12.7. The fourth-order valence-corrected chi connectivity index (χ4v) is 4.11. The Labute approximate surface area is 190 Å². The number of nitrogens with one attached hydrogen (secondary N) is 1. The predicted molar refractivity (Wildman–Crippen MR) is 121 cm³/mol. The van der Waals surface area contributed by atoms with Crippen LogP contribution in [0.5, 0.6) is 0 Å². The molecule has 0 bridgehead atoms. The molecule has 1 N–H and O–H groups in total. The van der Waals surface area contributed by atoms with Crippen LogP contribution in [0.15, 0.2) is 42.5 Å². The van der Waals surface area contributed by atoms with Crippen molar-refractivity contribution in [2.75, 3.05) is 41.4 Å². The van der Waals surface area contributed by atoms with Crippen molar-refractivity contribution in [1.29, 1.82) is 0 Å². The van der Waals surface area contributed by atoms with E-state index in [9.17, 15) is 24.5 Å². The zero-order valence-corrected chi connectivity index (χ0v) is 18.0. The maximum Gasteiger partial charge on any atom is 0.341 e. The number of nitrogens with zero attached hydrogens (tertiary/aromatic N) is 3. The predicted octanol–water partition coefficient (Wildman–Crippen LogP) is 3.12. The van der Waals surface area contributed by atoms with Crippen molar-refractivity contribution in [1.82, 2.24) is 0 Å². The SMILES string of the molecule is O=C(COC(=O)c1cc([N+](=O)[O-])ccc1N1CCCC1)Nc1cccc(N2CCCC2=O)c1. The molecule has 10 nitrogen and oxygen atoms in total. The summed E-state index contributed by atoms with van der Waals surface area (Å²) in [5.74, 6) is -1.31. The third kappa shape index (κ3) is 5.11. The molecule has 2 amide bonds. The summed E-state index contributed by atoms with van der Waals surface area (Å²) in [6.07, 6.45) is 3.23. The van der Waals surface area contributed by atoms with E-state index in [0.29, 0.717) is 30.0 Å². The standard InChI is InChI=1S/C23H24N4O6/c28-21(24-16-5-3-6-17(13-16)26-12-4-7-22(26)29)15-33-23(30)19-14-18(27(31)32)8-9-20(19)25-10-1-2-11-25/h3,5-6,8-9,13-14H,1-2,4,7,10-12,15H2,(H,24,28). The lowest BCUT2D eigenvalue weighted by molar-refractivity contribution is -0.384. The normalized spacial score (nSPS) is 15.6. The molecule has 0 radical (unpaired) electrons. The molecule has 33 heavy (non-hydrogen) atoms. The Hall–Kier alpha value is -3.95. The van der Waals surface area contributed by atoms with Gasteiger partial charge < -0.3 is 19.9 Å². The van der Waals surface area contributed by atoms with Crippen LogP contribution in [0.2, 0.25) is 0 Å². The van der Waals surface area contributed by atoms with Crippen molar-refractivity contribution >= 4 is 40.5 Å². The van der Waals surface area contributed by atoms with Crippen molar-refractivity contribution < 1.29 is 24.0 Å². The van der Waals surface area contributed by atoms with E-state index >= 15 is 0 Å². The van der Waals surface area contributed by atoms with E-state index in [1.165, 1.54) is 12.1 Å². The van der Waals surface area contributed by atoms with Crippen LogP contribution in [0.3, 0.4) is 0 Å². The summed E-state index contributed by atoms with van der Waals surface area (Å²) >= 11 is 0. The lowest BCUT2D eigenvalue weighted by atomic mass is 10.1. The molecule has 0 spiro atoms. The zero-order chi connectivity index (χ0) is 23.4. The van der Waals surface area contributed by atoms with Gasteiger partial charge in [0.15, 0.2) is 6.61 Å². The van der Waals surface area contributed by atoms with Crippen LogP contribution in [-0.4, -0.2) is 48.9 Å². The number of nitro groups is 1. The lowest BCUT2D eigenvalue weighted by Crippen LogP contribution is -2.25. The number of rotatable bonds is 7. The molecule has 10 heteroatoms. The van der Waals surface area contributed by atoms with Gasteiger partial charge in [0.05, 0.1) is 16.2 Å². The minimum atomic E-state index is -0.799. The van der Waals surface area contributed by atoms with Crippen LogP contribution in [0.1, 0.15) is 36.0 Å². The molecule has 0 aliphatic carbocycles. The van der Waals surface area contributed by atoms with E-state index in [1.807, 2.05) is 4.90 Å². The first-order valence-electron chi connectivity index (χ1n) is 10.8. The Balaban J connectivity index is 1.41. The van der Waals surface area contributed by atoms with Gasteiger partial charge in [0, 0.05) is 49.6 Å². The smallest absolute Gasteiger partial charge is 0.341 e. The molecule has 2 aliphatic rings. The van der Waals surface area contributed by atoms with E-state index in [0.717, 1.165) is 32.4 Å². The topological polar surface area (TPSA) is 122 Å². The quantitative estimate of drug-likeness (QED) is 0.389. The van der Waals surface area contributed by atoms with Crippen molar-refractivity contribution in [2.24, 2.45) is 0 Å². The summed E-state index contributed by atoms with van der Waals surface area (Å²) in [4.78, 5) is 51.3. The molecule has 0 saturated carbocycles. The molecule has 0 atom stereocenters. The first-order chi connectivity index (χ1) is 15.9. The number of hydrogen-bond donors (Lipinski definition) is 1. The molecule has 172 valence electrons. The van der Waals surface area contributed by atoms with Gasteiger partial charge in [-0.05, 0) is 43.5 Å². The molecule has 2 saturated heterocycles. The van der Waals surface area contributed by atoms with Gasteiger partial charge >= 0.3 is 5.97 Å². The van der Waals surface area contributed by atoms with Gasteiger partial charge in [0.1, 0.15) is 0 Å². The number of ether oxygens (including phenoxy) is 1. The zero-order valence-electron chi connectivity index (χ0n) is 18.0. The van der Waals surface area contributed by atoms with Gasteiger partial charge in [0.25, 0.3) is 11.6 Å². The van der Waals surface area contributed by atoms with Crippen LogP contribution in [0, 0.1) is 10.1 Å². The van der Waals surface area contributed by atoms with Crippen LogP contribution in [0.25, 0.3) is 0 Å². The third-order valence-electron chi connectivity index (χ3n) is 5.71. The Morgan fingerprint density at radius 1 is 1.06 bits per heavy atom. The highest BCUT2D eigenvalue weighted by Crippen LogP contribution is 2.29. The fraction of sp³-hybridized carbons (Fsp3) is 0.348. The summed E-state index contributed by atoms with van der Waals surface area (Å²) in [6.45, 7) is 1.58. The van der Waals surface area contributed by atoms with Crippen molar-refractivity contribution in [3.8, 4) is 0 Å².